The van der Waals surface area contributed by atoms with Gasteiger partial charge >= 0.3 is 0 Å². The third kappa shape index (κ3) is 2.21. The lowest BCUT2D eigenvalue weighted by Gasteiger charge is -2.33. The van der Waals surface area contributed by atoms with Crippen LogP contribution >= 0.6 is 11.3 Å². The molecule has 4 aromatic rings. The summed E-state index contributed by atoms with van der Waals surface area (Å²) in [5.74, 6) is 1.82. The summed E-state index contributed by atoms with van der Waals surface area (Å²) in [6.07, 6.45) is 4.54. The van der Waals surface area contributed by atoms with Gasteiger partial charge in [0.05, 0.1) is 11.0 Å². The van der Waals surface area contributed by atoms with E-state index < -0.39 is 0 Å². The van der Waals surface area contributed by atoms with E-state index in [1.807, 2.05) is 0 Å². The van der Waals surface area contributed by atoms with Crippen molar-refractivity contribution in [1.82, 2.24) is 9.38 Å². The van der Waals surface area contributed by atoms with E-state index in [0.29, 0.717) is 5.92 Å². The summed E-state index contributed by atoms with van der Waals surface area (Å²) in [5, 5.41) is 2.13. The Morgan fingerprint density at radius 2 is 1.75 bits per heavy atom. The molecule has 0 saturated carbocycles. The van der Waals surface area contributed by atoms with Crippen molar-refractivity contribution in [3.05, 3.63) is 65.7 Å². The first-order chi connectivity index (χ1) is 11.9. The second-order valence-electron chi connectivity index (χ2n) is 6.48. The minimum absolute atomic E-state index is 0.677. The smallest absolute Gasteiger partial charge is 0.154 e. The first kappa shape index (κ1) is 14.1. The van der Waals surface area contributed by atoms with Gasteiger partial charge in [0.25, 0.3) is 0 Å². The molecule has 0 amide bonds. The molecule has 0 atom stereocenters. The van der Waals surface area contributed by atoms with E-state index in [2.05, 4.69) is 69.4 Å². The average Bonchev–Trinajstić information content (AvgIpc) is 3.30. The molecular weight excluding hydrogens is 314 g/mol. The molecule has 4 heterocycles. The predicted octanol–water partition coefficient (Wildman–Crippen LogP) is 4.93. The topological polar surface area (TPSA) is 20.5 Å². The van der Waals surface area contributed by atoms with Gasteiger partial charge in [0.1, 0.15) is 4.83 Å². The quantitative estimate of drug-likeness (QED) is 0.518. The van der Waals surface area contributed by atoms with Crippen LogP contribution in [0.1, 0.15) is 24.3 Å². The number of hydrogen-bond acceptors (Lipinski definition) is 3. The SMILES string of the molecule is c1ccc(C2CCN(c3nc4sccc4n4cccc34)CC2)cc1. The lowest BCUT2D eigenvalue weighted by atomic mass is 9.89. The van der Waals surface area contributed by atoms with Gasteiger partial charge in [-0.3, -0.25) is 0 Å². The summed E-state index contributed by atoms with van der Waals surface area (Å²) in [7, 11) is 0. The summed E-state index contributed by atoms with van der Waals surface area (Å²) in [5.41, 5.74) is 3.91. The zero-order valence-electron chi connectivity index (χ0n) is 13.4. The number of anilines is 1. The van der Waals surface area contributed by atoms with Gasteiger partial charge < -0.3 is 9.30 Å². The fourth-order valence-corrected chi connectivity index (χ4v) is 4.62. The van der Waals surface area contributed by atoms with Gasteiger partial charge in [-0.25, -0.2) is 4.98 Å². The third-order valence-corrected chi connectivity index (χ3v) is 5.93. The van der Waals surface area contributed by atoms with E-state index in [-0.39, 0.29) is 0 Å². The van der Waals surface area contributed by atoms with Crippen LogP contribution in [0, 0.1) is 0 Å². The molecule has 0 spiro atoms. The van der Waals surface area contributed by atoms with Gasteiger partial charge in [-0.05, 0) is 47.9 Å². The van der Waals surface area contributed by atoms with Gasteiger partial charge in [0.15, 0.2) is 5.82 Å². The van der Waals surface area contributed by atoms with E-state index in [1.54, 1.807) is 11.3 Å². The molecule has 1 fully saturated rings. The van der Waals surface area contributed by atoms with Crippen molar-refractivity contribution in [2.75, 3.05) is 18.0 Å². The lowest BCUT2D eigenvalue weighted by molar-refractivity contribution is 0.503. The van der Waals surface area contributed by atoms with Gasteiger partial charge in [-0.1, -0.05) is 30.3 Å². The zero-order chi connectivity index (χ0) is 15.9. The number of piperidine rings is 1. The summed E-state index contributed by atoms with van der Waals surface area (Å²) in [6.45, 7) is 2.15. The van der Waals surface area contributed by atoms with Crippen LogP contribution < -0.4 is 4.90 Å². The molecule has 3 aromatic heterocycles. The van der Waals surface area contributed by atoms with Gasteiger partial charge in [-0.15, -0.1) is 11.3 Å². The van der Waals surface area contributed by atoms with Crippen LogP contribution in [0.3, 0.4) is 0 Å². The van der Waals surface area contributed by atoms with Crippen molar-refractivity contribution in [3.8, 4) is 0 Å². The Hall–Kier alpha value is -2.33. The fraction of sp³-hybridized carbons (Fsp3) is 0.250. The van der Waals surface area contributed by atoms with Crippen molar-refractivity contribution in [1.29, 1.82) is 0 Å². The fourth-order valence-electron chi connectivity index (χ4n) is 3.87. The molecule has 1 aliphatic rings. The van der Waals surface area contributed by atoms with E-state index in [9.17, 15) is 0 Å². The molecule has 0 unspecified atom stereocenters. The number of rotatable bonds is 2. The highest BCUT2D eigenvalue weighted by Crippen LogP contribution is 2.33. The molecule has 1 aromatic carbocycles. The normalized spacial score (nSPS) is 16.2. The highest BCUT2D eigenvalue weighted by atomic mass is 32.1. The molecule has 3 nitrogen and oxygen atoms in total. The number of benzene rings is 1. The summed E-state index contributed by atoms with van der Waals surface area (Å²) in [6, 6.07) is 17.4. The summed E-state index contributed by atoms with van der Waals surface area (Å²) >= 11 is 1.72. The molecule has 0 aliphatic carbocycles. The Kier molecular flexibility index (Phi) is 3.30. The zero-order valence-corrected chi connectivity index (χ0v) is 14.2. The van der Waals surface area contributed by atoms with Crippen molar-refractivity contribution in [3.63, 3.8) is 0 Å². The Bertz CT molecular complexity index is 978. The lowest BCUT2D eigenvalue weighted by Crippen LogP contribution is -2.33. The van der Waals surface area contributed by atoms with Crippen LogP contribution in [0.2, 0.25) is 0 Å². The highest BCUT2D eigenvalue weighted by Gasteiger charge is 2.23. The monoisotopic (exact) mass is 333 g/mol. The van der Waals surface area contributed by atoms with E-state index >= 15 is 0 Å². The van der Waals surface area contributed by atoms with Crippen molar-refractivity contribution in [2.24, 2.45) is 0 Å². The largest absolute Gasteiger partial charge is 0.355 e. The summed E-state index contributed by atoms with van der Waals surface area (Å²) < 4.78 is 2.28. The van der Waals surface area contributed by atoms with E-state index in [4.69, 9.17) is 4.98 Å². The number of fused-ring (bicyclic) bond motifs is 3. The maximum absolute atomic E-state index is 4.98. The van der Waals surface area contributed by atoms with Crippen LogP contribution in [0.15, 0.2) is 60.1 Å². The first-order valence-electron chi connectivity index (χ1n) is 8.54. The second kappa shape index (κ2) is 5.64. The molecule has 5 rings (SSSR count). The molecule has 0 radical (unpaired) electrons. The van der Waals surface area contributed by atoms with E-state index in [0.717, 1.165) is 23.7 Å². The van der Waals surface area contributed by atoms with Crippen LogP contribution in [-0.4, -0.2) is 22.5 Å². The Labute approximate surface area is 145 Å². The van der Waals surface area contributed by atoms with Gasteiger partial charge in [0.2, 0.25) is 0 Å². The third-order valence-electron chi connectivity index (χ3n) is 5.14. The Morgan fingerprint density at radius 1 is 0.917 bits per heavy atom. The average molecular weight is 333 g/mol. The number of thiophene rings is 1. The number of hydrogen-bond donors (Lipinski definition) is 0. The van der Waals surface area contributed by atoms with Crippen molar-refractivity contribution in [2.45, 2.75) is 18.8 Å². The molecule has 0 N–H and O–H groups in total. The molecule has 1 aliphatic heterocycles. The Balaban J connectivity index is 1.47. The standard InChI is InChI=1S/C20H19N3S/c1-2-5-15(6-3-1)16-8-12-22(13-9-16)19-17-7-4-11-23(17)18-10-14-24-20(18)21-19/h1-7,10-11,14,16H,8-9,12-13H2. The molecular formula is C20H19N3S. The van der Waals surface area contributed by atoms with Crippen LogP contribution in [0.4, 0.5) is 5.82 Å². The van der Waals surface area contributed by atoms with Gasteiger partial charge in [-0.2, -0.15) is 0 Å². The minimum atomic E-state index is 0.677. The maximum Gasteiger partial charge on any atom is 0.154 e. The van der Waals surface area contributed by atoms with Crippen LogP contribution in [-0.2, 0) is 0 Å². The minimum Gasteiger partial charge on any atom is -0.355 e. The Morgan fingerprint density at radius 3 is 2.58 bits per heavy atom. The maximum atomic E-state index is 4.98. The van der Waals surface area contributed by atoms with E-state index in [1.165, 1.54) is 29.4 Å². The van der Waals surface area contributed by atoms with Crippen LogP contribution in [0.25, 0.3) is 15.9 Å². The molecule has 24 heavy (non-hydrogen) atoms. The highest BCUT2D eigenvalue weighted by molar-refractivity contribution is 7.16. The summed E-state index contributed by atoms with van der Waals surface area (Å²) in [4.78, 5) is 8.57. The first-order valence-corrected chi connectivity index (χ1v) is 9.42. The second-order valence-corrected chi connectivity index (χ2v) is 7.38. The van der Waals surface area contributed by atoms with Crippen LogP contribution in [0.5, 0.6) is 0 Å². The molecule has 4 heteroatoms. The predicted molar refractivity (Wildman–Crippen MR) is 101 cm³/mol. The molecule has 120 valence electrons. The van der Waals surface area contributed by atoms with Crippen molar-refractivity contribution < 1.29 is 0 Å². The van der Waals surface area contributed by atoms with Crippen molar-refractivity contribution >= 4 is 33.0 Å². The number of aromatic nitrogens is 2. The molecule has 1 saturated heterocycles. The molecule has 0 bridgehead atoms. The van der Waals surface area contributed by atoms with Gasteiger partial charge in [0, 0.05) is 19.3 Å². The number of nitrogens with zero attached hydrogens (tertiary/aromatic N) is 3.